The van der Waals surface area contributed by atoms with E-state index in [-0.39, 0.29) is 0 Å². The van der Waals surface area contributed by atoms with E-state index in [0.717, 1.165) is 40.8 Å². The molecule has 7 rings (SSSR count). The first-order valence-corrected chi connectivity index (χ1v) is 8.29. The van der Waals surface area contributed by atoms with Gasteiger partial charge in [0.15, 0.2) is 5.65 Å². The van der Waals surface area contributed by atoms with Gasteiger partial charge >= 0.3 is 0 Å². The Balaban J connectivity index is 1.38. The predicted octanol–water partition coefficient (Wildman–Crippen LogP) is 2.25. The van der Waals surface area contributed by atoms with Crippen LogP contribution < -0.4 is 5.32 Å². The van der Waals surface area contributed by atoms with Crippen molar-refractivity contribution in [3.63, 3.8) is 0 Å². The fraction of sp³-hybridized carbons (Fsp3) is 0.412. The standard InChI is InChI=1S/C17H16N6/c1-2-6-18-12(3-1)17-21-20-14-5-4-13(22-23(14)17)19-16-9-7-10-11(8-9)15(10)16/h1-6,9-11,15-16H,7-8H2,(H,19,22). The minimum Gasteiger partial charge on any atom is -0.365 e. The quantitative estimate of drug-likeness (QED) is 0.804. The number of pyridine rings is 1. The summed E-state index contributed by atoms with van der Waals surface area (Å²) in [5.74, 6) is 5.35. The molecule has 6 heteroatoms. The maximum atomic E-state index is 4.72. The largest absolute Gasteiger partial charge is 0.365 e. The van der Waals surface area contributed by atoms with Crippen molar-refractivity contribution in [3.05, 3.63) is 36.5 Å². The Hall–Kier alpha value is -2.50. The van der Waals surface area contributed by atoms with Crippen LogP contribution in [0.4, 0.5) is 5.82 Å². The van der Waals surface area contributed by atoms with E-state index in [0.29, 0.717) is 11.9 Å². The van der Waals surface area contributed by atoms with Crippen molar-refractivity contribution in [2.24, 2.45) is 23.7 Å². The number of anilines is 1. The molecule has 0 aromatic carbocycles. The van der Waals surface area contributed by atoms with Crippen molar-refractivity contribution in [1.29, 1.82) is 0 Å². The van der Waals surface area contributed by atoms with Gasteiger partial charge in [0.2, 0.25) is 5.82 Å². The van der Waals surface area contributed by atoms with Gasteiger partial charge in [-0.2, -0.15) is 4.52 Å². The molecule has 4 aliphatic carbocycles. The second-order valence-electron chi connectivity index (χ2n) is 7.03. The van der Waals surface area contributed by atoms with Crippen LogP contribution in [0.1, 0.15) is 12.8 Å². The van der Waals surface area contributed by atoms with Crippen molar-refractivity contribution in [2.45, 2.75) is 18.9 Å². The van der Waals surface area contributed by atoms with Crippen LogP contribution >= 0.6 is 0 Å². The van der Waals surface area contributed by atoms with Gasteiger partial charge in [0.05, 0.1) is 0 Å². The maximum Gasteiger partial charge on any atom is 0.203 e. The fourth-order valence-corrected chi connectivity index (χ4v) is 4.98. The topological polar surface area (TPSA) is 68.0 Å². The highest BCUT2D eigenvalue weighted by molar-refractivity contribution is 5.55. The number of nitrogens with one attached hydrogen (secondary N) is 1. The van der Waals surface area contributed by atoms with Crippen molar-refractivity contribution >= 4 is 11.5 Å². The van der Waals surface area contributed by atoms with Gasteiger partial charge in [-0.15, -0.1) is 15.3 Å². The fourth-order valence-electron chi connectivity index (χ4n) is 4.98. The lowest BCUT2D eigenvalue weighted by Crippen LogP contribution is -2.24. The normalized spacial score (nSPS) is 33.3. The second kappa shape index (κ2) is 4.07. The van der Waals surface area contributed by atoms with Crippen LogP contribution in [0.2, 0.25) is 0 Å². The minimum atomic E-state index is 0.615. The molecule has 0 aliphatic heterocycles. The zero-order valence-electron chi connectivity index (χ0n) is 12.5. The van der Waals surface area contributed by atoms with E-state index in [1.165, 1.54) is 12.8 Å². The summed E-state index contributed by atoms with van der Waals surface area (Å²) in [5, 5.41) is 16.8. The monoisotopic (exact) mass is 304 g/mol. The average molecular weight is 304 g/mol. The summed E-state index contributed by atoms with van der Waals surface area (Å²) in [6.07, 6.45) is 4.60. The zero-order chi connectivity index (χ0) is 15.0. The number of fused-ring (bicyclic) bond motifs is 1. The van der Waals surface area contributed by atoms with Crippen LogP contribution in [0, 0.1) is 23.7 Å². The molecule has 4 saturated carbocycles. The molecule has 3 heterocycles. The molecule has 0 amide bonds. The Morgan fingerprint density at radius 3 is 2.70 bits per heavy atom. The molecule has 4 bridgehead atoms. The number of hydrogen-bond acceptors (Lipinski definition) is 5. The van der Waals surface area contributed by atoms with Crippen molar-refractivity contribution in [1.82, 2.24) is 24.8 Å². The van der Waals surface area contributed by atoms with Crippen LogP contribution in [0.3, 0.4) is 0 Å². The van der Waals surface area contributed by atoms with E-state index in [9.17, 15) is 0 Å². The van der Waals surface area contributed by atoms with E-state index in [1.807, 2.05) is 30.3 Å². The molecule has 0 radical (unpaired) electrons. The van der Waals surface area contributed by atoms with Crippen LogP contribution in [0.25, 0.3) is 17.2 Å². The Morgan fingerprint density at radius 1 is 1.04 bits per heavy atom. The lowest BCUT2D eigenvalue weighted by molar-refractivity contribution is 0.549. The molecule has 4 fully saturated rings. The SMILES string of the molecule is c1ccc(-c2nnc3ccc(NC4C5CC6C(C5)C64)nn23)nc1. The highest BCUT2D eigenvalue weighted by Crippen LogP contribution is 2.70. The van der Waals surface area contributed by atoms with E-state index < -0.39 is 0 Å². The maximum absolute atomic E-state index is 4.72. The summed E-state index contributed by atoms with van der Waals surface area (Å²) >= 11 is 0. The van der Waals surface area contributed by atoms with Gasteiger partial charge in [-0.05, 0) is 60.8 Å². The first kappa shape index (κ1) is 12.0. The third-order valence-corrected chi connectivity index (χ3v) is 5.94. The molecular weight excluding hydrogens is 288 g/mol. The number of hydrogen-bond donors (Lipinski definition) is 1. The molecule has 3 aromatic heterocycles. The Kier molecular flexibility index (Phi) is 2.12. The average Bonchev–Trinajstić information content (AvgIpc) is 3.08. The third kappa shape index (κ3) is 1.58. The van der Waals surface area contributed by atoms with E-state index in [1.54, 1.807) is 10.7 Å². The Morgan fingerprint density at radius 2 is 1.96 bits per heavy atom. The summed E-state index contributed by atoms with van der Waals surface area (Å²) < 4.78 is 1.79. The molecule has 1 N–H and O–H groups in total. The molecule has 114 valence electrons. The molecule has 3 atom stereocenters. The van der Waals surface area contributed by atoms with Gasteiger partial charge in [-0.3, -0.25) is 4.98 Å². The minimum absolute atomic E-state index is 0.615. The van der Waals surface area contributed by atoms with Crippen LogP contribution in [0.5, 0.6) is 0 Å². The highest BCUT2D eigenvalue weighted by Gasteiger charge is 2.68. The molecular formula is C17H16N6. The number of nitrogens with zero attached hydrogens (tertiary/aromatic N) is 5. The van der Waals surface area contributed by atoms with Crippen molar-refractivity contribution in [3.8, 4) is 11.5 Å². The van der Waals surface area contributed by atoms with E-state index in [2.05, 4.69) is 20.5 Å². The number of aromatic nitrogens is 5. The van der Waals surface area contributed by atoms with Crippen LogP contribution in [-0.2, 0) is 0 Å². The van der Waals surface area contributed by atoms with Gasteiger partial charge < -0.3 is 5.32 Å². The zero-order valence-corrected chi connectivity index (χ0v) is 12.5. The number of rotatable bonds is 3. The first-order valence-electron chi connectivity index (χ1n) is 8.29. The first-order chi connectivity index (χ1) is 11.4. The molecule has 6 nitrogen and oxygen atoms in total. The van der Waals surface area contributed by atoms with Crippen LogP contribution in [-0.4, -0.2) is 30.8 Å². The van der Waals surface area contributed by atoms with Crippen LogP contribution in [0.15, 0.2) is 36.5 Å². The molecule has 3 aromatic rings. The summed E-state index contributed by atoms with van der Waals surface area (Å²) in [4.78, 5) is 4.36. The lowest BCUT2D eigenvalue weighted by atomic mass is 10.1. The molecule has 3 unspecified atom stereocenters. The Bertz CT molecular complexity index is 890. The van der Waals surface area contributed by atoms with Gasteiger partial charge in [0.1, 0.15) is 11.5 Å². The van der Waals surface area contributed by atoms with E-state index >= 15 is 0 Å². The van der Waals surface area contributed by atoms with Crippen molar-refractivity contribution in [2.75, 3.05) is 5.32 Å². The van der Waals surface area contributed by atoms with Gasteiger partial charge in [-0.25, -0.2) is 0 Å². The predicted molar refractivity (Wildman–Crippen MR) is 84.6 cm³/mol. The summed E-state index contributed by atoms with van der Waals surface area (Å²) in [5.41, 5.74) is 1.53. The van der Waals surface area contributed by atoms with Gasteiger partial charge in [-0.1, -0.05) is 6.07 Å². The summed E-state index contributed by atoms with van der Waals surface area (Å²) in [7, 11) is 0. The molecule has 23 heavy (non-hydrogen) atoms. The lowest BCUT2D eigenvalue weighted by Gasteiger charge is -2.17. The second-order valence-corrected chi connectivity index (χ2v) is 7.03. The Labute approximate surface area is 133 Å². The van der Waals surface area contributed by atoms with Gasteiger partial charge in [0, 0.05) is 12.2 Å². The summed E-state index contributed by atoms with van der Waals surface area (Å²) in [6.45, 7) is 0. The molecule has 0 saturated heterocycles. The highest BCUT2D eigenvalue weighted by atomic mass is 15.4. The third-order valence-electron chi connectivity index (χ3n) is 5.94. The van der Waals surface area contributed by atoms with E-state index in [4.69, 9.17) is 5.10 Å². The molecule has 4 aliphatic rings. The van der Waals surface area contributed by atoms with Crippen molar-refractivity contribution < 1.29 is 0 Å². The van der Waals surface area contributed by atoms with Gasteiger partial charge in [0.25, 0.3) is 0 Å². The molecule has 0 spiro atoms. The smallest absolute Gasteiger partial charge is 0.203 e. The summed E-state index contributed by atoms with van der Waals surface area (Å²) in [6, 6.07) is 10.4.